The highest BCUT2D eigenvalue weighted by Crippen LogP contribution is 2.19. The van der Waals surface area contributed by atoms with Gasteiger partial charge in [-0.2, -0.15) is 0 Å². The van der Waals surface area contributed by atoms with Crippen LogP contribution in [-0.4, -0.2) is 37.2 Å². The Labute approximate surface area is 157 Å². The molecule has 7 nitrogen and oxygen atoms in total. The molecule has 1 saturated heterocycles. The van der Waals surface area contributed by atoms with Crippen LogP contribution in [0.25, 0.3) is 0 Å². The second kappa shape index (κ2) is 8.35. The fourth-order valence-electron chi connectivity index (χ4n) is 2.89. The SMILES string of the molecule is CN/C(C(=O)NC1CCNC1=O)=C1/C=C(OCc2ccccc2)C=CC1=N. The zero-order chi connectivity index (χ0) is 19.2. The Morgan fingerprint density at radius 1 is 1.30 bits per heavy atom. The van der Waals surface area contributed by atoms with E-state index in [0.29, 0.717) is 30.9 Å². The third-order valence-corrected chi connectivity index (χ3v) is 4.34. The van der Waals surface area contributed by atoms with Gasteiger partial charge in [0.1, 0.15) is 24.1 Å². The summed E-state index contributed by atoms with van der Waals surface area (Å²) in [6.07, 6.45) is 5.49. The number of likely N-dealkylation sites (N-methyl/N-ethyl adjacent to an activating group) is 1. The molecule has 0 radical (unpaired) electrons. The van der Waals surface area contributed by atoms with Gasteiger partial charge < -0.3 is 26.1 Å². The van der Waals surface area contributed by atoms with Crippen LogP contribution in [0.1, 0.15) is 12.0 Å². The van der Waals surface area contributed by atoms with Gasteiger partial charge in [0.05, 0.1) is 5.71 Å². The molecule has 1 aromatic rings. The lowest BCUT2D eigenvalue weighted by Gasteiger charge is -2.18. The molecule has 3 rings (SSSR count). The van der Waals surface area contributed by atoms with E-state index in [2.05, 4.69) is 16.0 Å². The summed E-state index contributed by atoms with van der Waals surface area (Å²) in [5.41, 5.74) is 1.86. The van der Waals surface area contributed by atoms with Crippen molar-refractivity contribution in [3.8, 4) is 0 Å². The predicted molar refractivity (Wildman–Crippen MR) is 102 cm³/mol. The van der Waals surface area contributed by atoms with Crippen molar-refractivity contribution in [3.05, 3.63) is 71.2 Å². The number of hydrogen-bond acceptors (Lipinski definition) is 5. The first kappa shape index (κ1) is 18.4. The maximum absolute atomic E-state index is 12.6. The molecule has 1 heterocycles. The first-order valence-corrected chi connectivity index (χ1v) is 8.74. The molecule has 1 atom stereocenters. The van der Waals surface area contributed by atoms with E-state index >= 15 is 0 Å². The van der Waals surface area contributed by atoms with Crippen LogP contribution in [0.2, 0.25) is 0 Å². The Bertz CT molecular complexity index is 840. The number of benzene rings is 1. The standard InChI is InChI=1S/C20H22N4O3/c1-22-18(20(26)24-17-9-10-23-19(17)25)15-11-14(7-8-16(15)21)27-12-13-5-3-2-4-6-13/h2-8,11,17,21-22H,9-10,12H2,1H3,(H,23,25)(H,24,26)/b18-15-,21-16?. The molecule has 140 valence electrons. The summed E-state index contributed by atoms with van der Waals surface area (Å²) in [7, 11) is 1.61. The van der Waals surface area contributed by atoms with Crippen molar-refractivity contribution >= 4 is 17.5 Å². The molecule has 7 heteroatoms. The van der Waals surface area contributed by atoms with E-state index in [1.54, 1.807) is 25.3 Å². The van der Waals surface area contributed by atoms with Crippen LogP contribution in [-0.2, 0) is 20.9 Å². The van der Waals surface area contributed by atoms with Gasteiger partial charge in [-0.05, 0) is 30.2 Å². The summed E-state index contributed by atoms with van der Waals surface area (Å²) in [5, 5.41) is 16.4. The highest BCUT2D eigenvalue weighted by Gasteiger charge is 2.28. The van der Waals surface area contributed by atoms with E-state index < -0.39 is 11.9 Å². The number of hydrogen-bond donors (Lipinski definition) is 4. The maximum atomic E-state index is 12.6. The van der Waals surface area contributed by atoms with E-state index in [4.69, 9.17) is 10.1 Å². The van der Waals surface area contributed by atoms with Gasteiger partial charge in [0.25, 0.3) is 5.91 Å². The van der Waals surface area contributed by atoms with Crippen LogP contribution in [0.3, 0.4) is 0 Å². The number of carbonyl (C=O) groups is 2. The Kier molecular flexibility index (Phi) is 5.71. The van der Waals surface area contributed by atoms with E-state index in [9.17, 15) is 9.59 Å². The van der Waals surface area contributed by atoms with E-state index in [1.165, 1.54) is 0 Å². The van der Waals surface area contributed by atoms with Gasteiger partial charge in [-0.3, -0.25) is 9.59 Å². The van der Waals surface area contributed by atoms with Gasteiger partial charge in [0.15, 0.2) is 0 Å². The zero-order valence-corrected chi connectivity index (χ0v) is 15.0. The first-order chi connectivity index (χ1) is 13.1. The van der Waals surface area contributed by atoms with Gasteiger partial charge in [-0.1, -0.05) is 30.3 Å². The lowest BCUT2D eigenvalue weighted by Crippen LogP contribution is -2.43. The Morgan fingerprint density at radius 2 is 2.07 bits per heavy atom. The van der Waals surface area contributed by atoms with Crippen LogP contribution in [0.5, 0.6) is 0 Å². The van der Waals surface area contributed by atoms with Crippen molar-refractivity contribution in [1.82, 2.24) is 16.0 Å². The van der Waals surface area contributed by atoms with Crippen molar-refractivity contribution in [3.63, 3.8) is 0 Å². The molecule has 2 amide bonds. The summed E-state index contributed by atoms with van der Waals surface area (Å²) >= 11 is 0. The number of allylic oxidation sites excluding steroid dienone is 4. The van der Waals surface area contributed by atoms with Crippen LogP contribution < -0.4 is 16.0 Å². The number of amides is 2. The molecule has 2 aliphatic rings. The summed E-state index contributed by atoms with van der Waals surface area (Å²) in [6.45, 7) is 0.937. The summed E-state index contributed by atoms with van der Waals surface area (Å²) < 4.78 is 5.79. The van der Waals surface area contributed by atoms with Gasteiger partial charge in [0.2, 0.25) is 5.91 Å². The molecular formula is C20H22N4O3. The Hall–Kier alpha value is -3.35. The summed E-state index contributed by atoms with van der Waals surface area (Å²) in [6, 6.07) is 9.19. The molecule has 0 saturated carbocycles. The quantitative estimate of drug-likeness (QED) is 0.567. The minimum Gasteiger partial charge on any atom is -0.489 e. The fraction of sp³-hybridized carbons (Fsp3) is 0.250. The molecule has 27 heavy (non-hydrogen) atoms. The molecule has 1 fully saturated rings. The highest BCUT2D eigenvalue weighted by atomic mass is 16.5. The van der Waals surface area contributed by atoms with E-state index in [1.807, 2.05) is 30.3 Å². The molecule has 4 N–H and O–H groups in total. The monoisotopic (exact) mass is 366 g/mol. The van der Waals surface area contributed by atoms with Crippen LogP contribution in [0, 0.1) is 5.41 Å². The summed E-state index contributed by atoms with van der Waals surface area (Å²) in [4.78, 5) is 24.3. The number of rotatable bonds is 6. The van der Waals surface area contributed by atoms with Crippen LogP contribution in [0.15, 0.2) is 65.6 Å². The van der Waals surface area contributed by atoms with Crippen LogP contribution in [0.4, 0.5) is 0 Å². The lowest BCUT2D eigenvalue weighted by atomic mass is 10.0. The Morgan fingerprint density at radius 3 is 2.74 bits per heavy atom. The molecule has 0 spiro atoms. The minimum atomic E-state index is -0.549. The van der Waals surface area contributed by atoms with Crippen molar-refractivity contribution in [1.29, 1.82) is 5.41 Å². The lowest BCUT2D eigenvalue weighted by molar-refractivity contribution is -0.125. The van der Waals surface area contributed by atoms with Crippen molar-refractivity contribution < 1.29 is 14.3 Å². The third-order valence-electron chi connectivity index (χ3n) is 4.34. The molecule has 1 unspecified atom stereocenters. The Balaban J connectivity index is 1.76. The molecule has 1 aliphatic carbocycles. The smallest absolute Gasteiger partial charge is 0.268 e. The molecule has 0 aromatic heterocycles. The van der Waals surface area contributed by atoms with Crippen molar-refractivity contribution in [2.45, 2.75) is 19.1 Å². The number of carbonyl (C=O) groups excluding carboxylic acids is 2. The zero-order valence-electron chi connectivity index (χ0n) is 15.0. The molecular weight excluding hydrogens is 344 g/mol. The third kappa shape index (κ3) is 4.44. The van der Waals surface area contributed by atoms with Crippen molar-refractivity contribution in [2.75, 3.05) is 13.6 Å². The number of nitrogens with one attached hydrogen (secondary N) is 4. The molecule has 1 aliphatic heterocycles. The van der Waals surface area contributed by atoms with Gasteiger partial charge in [-0.15, -0.1) is 0 Å². The second-order valence-electron chi connectivity index (χ2n) is 6.21. The highest BCUT2D eigenvalue weighted by molar-refractivity contribution is 6.15. The topological polar surface area (TPSA) is 103 Å². The van der Waals surface area contributed by atoms with Gasteiger partial charge >= 0.3 is 0 Å². The first-order valence-electron chi connectivity index (χ1n) is 8.74. The van der Waals surface area contributed by atoms with Crippen LogP contribution >= 0.6 is 0 Å². The van der Waals surface area contributed by atoms with Crippen molar-refractivity contribution in [2.24, 2.45) is 0 Å². The van der Waals surface area contributed by atoms with E-state index in [0.717, 1.165) is 5.56 Å². The average Bonchev–Trinajstić information content (AvgIpc) is 3.08. The summed E-state index contributed by atoms with van der Waals surface area (Å²) in [5.74, 6) is -0.0536. The van der Waals surface area contributed by atoms with E-state index in [-0.39, 0.29) is 17.3 Å². The largest absolute Gasteiger partial charge is 0.489 e. The predicted octanol–water partition coefficient (Wildman–Crippen LogP) is 1.15. The van der Waals surface area contributed by atoms with Gasteiger partial charge in [-0.25, -0.2) is 0 Å². The fourth-order valence-corrected chi connectivity index (χ4v) is 2.89. The van der Waals surface area contributed by atoms with Gasteiger partial charge in [0, 0.05) is 19.2 Å². The second-order valence-corrected chi connectivity index (χ2v) is 6.21. The maximum Gasteiger partial charge on any atom is 0.268 e. The minimum absolute atomic E-state index is 0.190. The average molecular weight is 366 g/mol. The number of ether oxygens (including phenoxy) is 1. The normalized spacial score (nSPS) is 20.6. The molecule has 1 aromatic carbocycles. The molecule has 0 bridgehead atoms.